The van der Waals surface area contributed by atoms with E-state index in [-0.39, 0.29) is 5.82 Å². The molecule has 128 valence electrons. The number of hydrogen-bond donors (Lipinski definition) is 0. The van der Waals surface area contributed by atoms with E-state index in [0.29, 0.717) is 11.9 Å². The number of fused-ring (bicyclic) bond motifs is 1. The number of hydrogen-bond acceptors (Lipinski definition) is 4. The number of anilines is 1. The number of halogens is 1. The van der Waals surface area contributed by atoms with Gasteiger partial charge in [-0.15, -0.1) is 0 Å². The minimum atomic E-state index is -0.261. The topological polar surface area (TPSA) is 32.3 Å². The Bertz CT molecular complexity index is 729. The van der Waals surface area contributed by atoms with Crippen molar-refractivity contribution in [2.24, 2.45) is 0 Å². The number of aromatic nitrogens is 2. The molecule has 1 aromatic heterocycles. The lowest BCUT2D eigenvalue weighted by Gasteiger charge is -2.34. The van der Waals surface area contributed by atoms with Crippen LogP contribution < -0.4 is 4.90 Å². The third kappa shape index (κ3) is 3.26. The van der Waals surface area contributed by atoms with E-state index in [1.165, 1.54) is 17.7 Å². The van der Waals surface area contributed by atoms with Gasteiger partial charge in [-0.05, 0) is 25.5 Å². The second kappa shape index (κ2) is 6.85. The zero-order chi connectivity index (χ0) is 17.3. The van der Waals surface area contributed by atoms with Gasteiger partial charge < -0.3 is 4.90 Å². The van der Waals surface area contributed by atoms with Crippen molar-refractivity contribution in [2.75, 3.05) is 25.5 Å². The van der Waals surface area contributed by atoms with E-state index >= 15 is 0 Å². The Morgan fingerprint density at radius 3 is 2.75 bits per heavy atom. The Balaban J connectivity index is 2.04. The van der Waals surface area contributed by atoms with Gasteiger partial charge in [-0.1, -0.05) is 19.1 Å². The zero-order valence-electron chi connectivity index (χ0n) is 14.9. The quantitative estimate of drug-likeness (QED) is 0.860. The Labute approximate surface area is 143 Å². The third-order valence-electron chi connectivity index (χ3n) is 4.79. The first-order valence-electron chi connectivity index (χ1n) is 8.56. The van der Waals surface area contributed by atoms with E-state index in [9.17, 15) is 4.39 Å². The Hall–Kier alpha value is -2.01. The molecule has 0 saturated heterocycles. The fourth-order valence-electron chi connectivity index (χ4n) is 3.18. The fourth-order valence-corrected chi connectivity index (χ4v) is 3.18. The average Bonchev–Trinajstić information content (AvgIpc) is 2.59. The molecular weight excluding hydrogens is 303 g/mol. The molecule has 0 N–H and O–H groups in total. The van der Waals surface area contributed by atoms with Gasteiger partial charge in [-0.3, -0.25) is 4.90 Å². The van der Waals surface area contributed by atoms with Crippen LogP contribution in [0.4, 0.5) is 10.2 Å². The molecule has 0 bridgehead atoms. The highest BCUT2D eigenvalue weighted by Gasteiger charge is 2.25. The van der Waals surface area contributed by atoms with E-state index in [1.807, 2.05) is 25.1 Å². The molecule has 0 aliphatic carbocycles. The van der Waals surface area contributed by atoms with Crippen molar-refractivity contribution in [2.45, 2.75) is 39.3 Å². The molecule has 1 aliphatic rings. The normalized spacial score (nSPS) is 15.9. The van der Waals surface area contributed by atoms with Crippen molar-refractivity contribution in [1.82, 2.24) is 14.9 Å². The van der Waals surface area contributed by atoms with Gasteiger partial charge in [0.1, 0.15) is 11.6 Å². The van der Waals surface area contributed by atoms with Crippen molar-refractivity contribution in [3.8, 4) is 11.4 Å². The highest BCUT2D eigenvalue weighted by molar-refractivity contribution is 5.60. The zero-order valence-corrected chi connectivity index (χ0v) is 14.9. The minimum absolute atomic E-state index is 0.261. The van der Waals surface area contributed by atoms with Crippen LogP contribution in [0.15, 0.2) is 24.3 Å². The van der Waals surface area contributed by atoms with Crippen molar-refractivity contribution in [3.05, 3.63) is 41.3 Å². The lowest BCUT2D eigenvalue weighted by atomic mass is 10.0. The highest BCUT2D eigenvalue weighted by Crippen LogP contribution is 2.29. The molecule has 0 radical (unpaired) electrons. The van der Waals surface area contributed by atoms with E-state index < -0.39 is 0 Å². The smallest absolute Gasteiger partial charge is 0.161 e. The van der Waals surface area contributed by atoms with Gasteiger partial charge in [0, 0.05) is 50.8 Å². The summed E-state index contributed by atoms with van der Waals surface area (Å²) < 4.78 is 13.6. The fraction of sp³-hybridized carbons (Fsp3) is 0.474. The van der Waals surface area contributed by atoms with E-state index in [1.54, 1.807) is 6.07 Å². The van der Waals surface area contributed by atoms with Crippen molar-refractivity contribution in [3.63, 3.8) is 0 Å². The first-order chi connectivity index (χ1) is 11.5. The molecule has 4 nitrogen and oxygen atoms in total. The number of nitrogens with zero attached hydrogens (tertiary/aromatic N) is 4. The average molecular weight is 328 g/mol. The molecular formula is C19H25FN4. The number of rotatable bonds is 4. The predicted molar refractivity (Wildman–Crippen MR) is 95.6 cm³/mol. The second-order valence-electron chi connectivity index (χ2n) is 6.68. The summed E-state index contributed by atoms with van der Waals surface area (Å²) in [4.78, 5) is 14.0. The highest BCUT2D eigenvalue weighted by atomic mass is 19.1. The van der Waals surface area contributed by atoms with E-state index in [2.05, 4.69) is 18.7 Å². The van der Waals surface area contributed by atoms with Crippen molar-refractivity contribution < 1.29 is 4.39 Å². The number of benzene rings is 1. The van der Waals surface area contributed by atoms with Crippen LogP contribution in [0.3, 0.4) is 0 Å². The SMILES string of the molecule is CC[C@H](C)N1CCc2nc(-c3cccc(F)c3)nc(N(C)C)c2C1. The Morgan fingerprint density at radius 1 is 1.29 bits per heavy atom. The van der Waals surface area contributed by atoms with Gasteiger partial charge in [-0.2, -0.15) is 0 Å². The summed E-state index contributed by atoms with van der Waals surface area (Å²) in [6.07, 6.45) is 2.04. The summed E-state index contributed by atoms with van der Waals surface area (Å²) in [6, 6.07) is 7.05. The summed E-state index contributed by atoms with van der Waals surface area (Å²) in [5.74, 6) is 1.28. The van der Waals surface area contributed by atoms with Crippen LogP contribution in [0, 0.1) is 5.82 Å². The van der Waals surface area contributed by atoms with E-state index in [4.69, 9.17) is 9.97 Å². The lowest BCUT2D eigenvalue weighted by molar-refractivity contribution is 0.185. The summed E-state index contributed by atoms with van der Waals surface area (Å²) in [5, 5.41) is 0. The van der Waals surface area contributed by atoms with Gasteiger partial charge in [0.2, 0.25) is 0 Å². The summed E-state index contributed by atoms with van der Waals surface area (Å²) in [6.45, 7) is 6.37. The van der Waals surface area contributed by atoms with Gasteiger partial charge in [0.15, 0.2) is 5.82 Å². The van der Waals surface area contributed by atoms with E-state index in [0.717, 1.165) is 43.0 Å². The maximum Gasteiger partial charge on any atom is 0.161 e. The first kappa shape index (κ1) is 16.8. The summed E-state index contributed by atoms with van der Waals surface area (Å²) >= 11 is 0. The third-order valence-corrected chi connectivity index (χ3v) is 4.79. The molecule has 0 unspecified atom stereocenters. The van der Waals surface area contributed by atoms with Gasteiger partial charge in [0.05, 0.1) is 5.69 Å². The monoisotopic (exact) mass is 328 g/mol. The maximum absolute atomic E-state index is 13.6. The molecule has 1 aromatic carbocycles. The molecule has 0 saturated carbocycles. The molecule has 5 heteroatoms. The first-order valence-corrected chi connectivity index (χ1v) is 8.56. The van der Waals surface area contributed by atoms with Crippen LogP contribution in [0.2, 0.25) is 0 Å². The lowest BCUT2D eigenvalue weighted by Crippen LogP contribution is -2.38. The Kier molecular flexibility index (Phi) is 4.81. The second-order valence-corrected chi connectivity index (χ2v) is 6.68. The van der Waals surface area contributed by atoms with Crippen molar-refractivity contribution >= 4 is 5.82 Å². The van der Waals surface area contributed by atoms with Crippen LogP contribution >= 0.6 is 0 Å². The molecule has 3 rings (SSSR count). The molecule has 0 spiro atoms. The predicted octanol–water partition coefficient (Wildman–Crippen LogP) is 3.51. The van der Waals surface area contributed by atoms with Gasteiger partial charge >= 0.3 is 0 Å². The molecule has 1 aliphatic heterocycles. The minimum Gasteiger partial charge on any atom is -0.362 e. The summed E-state index contributed by atoms with van der Waals surface area (Å²) in [5.41, 5.74) is 3.02. The molecule has 24 heavy (non-hydrogen) atoms. The Morgan fingerprint density at radius 2 is 2.08 bits per heavy atom. The molecule has 2 aromatic rings. The van der Waals surface area contributed by atoms with Gasteiger partial charge in [0.25, 0.3) is 0 Å². The van der Waals surface area contributed by atoms with Crippen LogP contribution in [0.5, 0.6) is 0 Å². The molecule has 2 heterocycles. The molecule has 0 fully saturated rings. The van der Waals surface area contributed by atoms with Crippen LogP contribution in [0.25, 0.3) is 11.4 Å². The maximum atomic E-state index is 13.6. The summed E-state index contributed by atoms with van der Waals surface area (Å²) in [7, 11) is 4.00. The van der Waals surface area contributed by atoms with Crippen LogP contribution in [0.1, 0.15) is 31.5 Å². The van der Waals surface area contributed by atoms with Crippen LogP contribution in [-0.4, -0.2) is 41.5 Å². The molecule has 0 amide bonds. The van der Waals surface area contributed by atoms with Crippen LogP contribution in [-0.2, 0) is 13.0 Å². The largest absolute Gasteiger partial charge is 0.362 e. The van der Waals surface area contributed by atoms with Gasteiger partial charge in [-0.25, -0.2) is 14.4 Å². The molecule has 1 atom stereocenters. The standard InChI is InChI=1S/C19H25FN4/c1-5-13(2)24-10-9-17-16(12-24)19(23(3)4)22-18(21-17)14-7-6-8-15(20)11-14/h6-8,11,13H,5,9-10,12H2,1-4H3/t13-/m0/s1. The van der Waals surface area contributed by atoms with Crippen molar-refractivity contribution in [1.29, 1.82) is 0 Å².